The van der Waals surface area contributed by atoms with Gasteiger partial charge in [-0.2, -0.15) is 0 Å². The zero-order chi connectivity index (χ0) is 12.4. The summed E-state index contributed by atoms with van der Waals surface area (Å²) in [6, 6.07) is 6.18. The summed E-state index contributed by atoms with van der Waals surface area (Å²) in [4.78, 5) is 1.11. The van der Waals surface area contributed by atoms with Gasteiger partial charge in [-0.3, -0.25) is 0 Å². The topological polar surface area (TPSA) is 12.0 Å². The maximum absolute atomic E-state index is 13.6. The Morgan fingerprint density at radius 1 is 1.11 bits per heavy atom. The molecule has 0 unspecified atom stereocenters. The van der Waals surface area contributed by atoms with Gasteiger partial charge in [-0.25, -0.2) is 4.39 Å². The Balaban J connectivity index is 1.64. The molecule has 3 heteroatoms. The second-order valence-electron chi connectivity index (χ2n) is 5.47. The van der Waals surface area contributed by atoms with Crippen molar-refractivity contribution in [3.05, 3.63) is 29.6 Å². The molecule has 0 spiro atoms. The molecule has 2 saturated carbocycles. The van der Waals surface area contributed by atoms with Gasteiger partial charge in [0.05, 0.1) is 0 Å². The van der Waals surface area contributed by atoms with Crippen molar-refractivity contribution in [2.75, 3.05) is 0 Å². The summed E-state index contributed by atoms with van der Waals surface area (Å²) in [5.74, 6) is -0.0920. The van der Waals surface area contributed by atoms with Crippen LogP contribution in [0.25, 0.3) is 0 Å². The van der Waals surface area contributed by atoms with Gasteiger partial charge in [0.25, 0.3) is 0 Å². The van der Waals surface area contributed by atoms with Crippen LogP contribution in [0.5, 0.6) is 0 Å². The summed E-state index contributed by atoms with van der Waals surface area (Å²) in [6.45, 7) is 0.806. The van der Waals surface area contributed by atoms with Crippen LogP contribution in [0, 0.1) is 5.82 Å². The molecule has 98 valence electrons. The summed E-state index contributed by atoms with van der Waals surface area (Å²) >= 11 is 1.86. The van der Waals surface area contributed by atoms with Crippen molar-refractivity contribution >= 4 is 11.8 Å². The second-order valence-corrected chi connectivity index (χ2v) is 6.85. The highest BCUT2D eigenvalue weighted by molar-refractivity contribution is 8.00. The van der Waals surface area contributed by atoms with Crippen LogP contribution in [-0.4, -0.2) is 11.3 Å². The zero-order valence-corrected chi connectivity index (χ0v) is 11.4. The molecule has 0 aromatic heterocycles. The average molecular weight is 265 g/mol. The number of hydrogen-bond donors (Lipinski definition) is 1. The molecule has 0 atom stereocenters. The van der Waals surface area contributed by atoms with E-state index in [1.54, 1.807) is 12.1 Å². The largest absolute Gasteiger partial charge is 0.310 e. The number of halogens is 1. The highest BCUT2D eigenvalue weighted by atomic mass is 32.2. The van der Waals surface area contributed by atoms with Gasteiger partial charge in [0, 0.05) is 22.7 Å². The molecule has 2 aliphatic rings. The number of benzene rings is 1. The summed E-state index contributed by atoms with van der Waals surface area (Å²) in [7, 11) is 0. The van der Waals surface area contributed by atoms with Gasteiger partial charge in [0.2, 0.25) is 0 Å². The minimum Gasteiger partial charge on any atom is -0.310 e. The third-order valence-corrected chi connectivity index (χ3v) is 5.02. The molecule has 0 heterocycles. The molecule has 0 bridgehead atoms. The lowest BCUT2D eigenvalue weighted by atomic mass is 10.2. The van der Waals surface area contributed by atoms with Gasteiger partial charge in [0.1, 0.15) is 5.82 Å². The third-order valence-electron chi connectivity index (χ3n) is 3.71. The average Bonchev–Trinajstić information content (AvgIpc) is 3.04. The highest BCUT2D eigenvalue weighted by Gasteiger charge is 2.20. The fourth-order valence-corrected chi connectivity index (χ4v) is 3.89. The van der Waals surface area contributed by atoms with Gasteiger partial charge in [-0.1, -0.05) is 12.8 Å². The molecular weight excluding hydrogens is 245 g/mol. The molecule has 3 rings (SSSR count). The Kier molecular flexibility index (Phi) is 3.90. The van der Waals surface area contributed by atoms with Gasteiger partial charge >= 0.3 is 0 Å². The summed E-state index contributed by atoms with van der Waals surface area (Å²) < 4.78 is 13.6. The Morgan fingerprint density at radius 2 is 1.89 bits per heavy atom. The number of nitrogens with one attached hydrogen (secondary N) is 1. The monoisotopic (exact) mass is 265 g/mol. The van der Waals surface area contributed by atoms with Gasteiger partial charge in [-0.15, -0.1) is 11.8 Å². The molecule has 1 aromatic carbocycles. The van der Waals surface area contributed by atoms with E-state index in [1.807, 2.05) is 11.8 Å². The van der Waals surface area contributed by atoms with E-state index in [2.05, 4.69) is 11.4 Å². The van der Waals surface area contributed by atoms with Crippen LogP contribution >= 0.6 is 11.8 Å². The maximum atomic E-state index is 13.6. The third kappa shape index (κ3) is 3.48. The summed E-state index contributed by atoms with van der Waals surface area (Å²) in [6.07, 6.45) is 7.80. The fraction of sp³-hybridized carbons (Fsp3) is 0.600. The minimum absolute atomic E-state index is 0.0920. The first-order valence-corrected chi connectivity index (χ1v) is 7.87. The number of hydrogen-bond acceptors (Lipinski definition) is 2. The quantitative estimate of drug-likeness (QED) is 0.859. The van der Waals surface area contributed by atoms with E-state index in [1.165, 1.54) is 38.5 Å². The lowest BCUT2D eigenvalue weighted by Gasteiger charge is -2.11. The molecule has 2 fully saturated rings. The second kappa shape index (κ2) is 5.62. The lowest BCUT2D eigenvalue weighted by Crippen LogP contribution is -2.15. The highest BCUT2D eigenvalue weighted by Crippen LogP contribution is 2.35. The van der Waals surface area contributed by atoms with Crippen molar-refractivity contribution in [1.82, 2.24) is 5.32 Å². The number of thioether (sulfide) groups is 1. The molecule has 18 heavy (non-hydrogen) atoms. The fourth-order valence-electron chi connectivity index (χ4n) is 2.54. The standard InChI is InChI=1S/C15H20FNS/c16-12-7-11(10-17-13-5-6-13)8-15(9-12)18-14-3-1-2-4-14/h7-9,13-14,17H,1-6,10H2. The Morgan fingerprint density at radius 3 is 2.61 bits per heavy atom. The van der Waals surface area contributed by atoms with E-state index in [4.69, 9.17) is 0 Å². The molecule has 0 saturated heterocycles. The Hall–Kier alpha value is -0.540. The molecule has 1 N–H and O–H groups in total. The maximum Gasteiger partial charge on any atom is 0.124 e. The molecule has 0 amide bonds. The molecule has 2 aliphatic carbocycles. The molecule has 1 nitrogen and oxygen atoms in total. The summed E-state index contributed by atoms with van der Waals surface area (Å²) in [5.41, 5.74) is 1.09. The zero-order valence-electron chi connectivity index (χ0n) is 10.6. The van der Waals surface area contributed by atoms with Gasteiger partial charge in [0.15, 0.2) is 0 Å². The van der Waals surface area contributed by atoms with Crippen LogP contribution in [0.2, 0.25) is 0 Å². The van der Waals surface area contributed by atoms with E-state index >= 15 is 0 Å². The SMILES string of the molecule is Fc1cc(CNC2CC2)cc(SC2CCCC2)c1. The van der Waals surface area contributed by atoms with E-state index in [9.17, 15) is 4.39 Å². The van der Waals surface area contributed by atoms with Crippen molar-refractivity contribution in [3.63, 3.8) is 0 Å². The van der Waals surface area contributed by atoms with Crippen LogP contribution in [0.4, 0.5) is 4.39 Å². The van der Waals surface area contributed by atoms with Gasteiger partial charge < -0.3 is 5.32 Å². The van der Waals surface area contributed by atoms with Crippen molar-refractivity contribution in [2.45, 2.75) is 61.3 Å². The lowest BCUT2D eigenvalue weighted by molar-refractivity contribution is 0.615. The predicted molar refractivity (Wildman–Crippen MR) is 74.4 cm³/mol. The minimum atomic E-state index is -0.0920. The van der Waals surface area contributed by atoms with E-state index in [0.717, 1.165) is 17.0 Å². The first-order chi connectivity index (χ1) is 8.79. The summed E-state index contributed by atoms with van der Waals surface area (Å²) in [5, 5.41) is 4.15. The van der Waals surface area contributed by atoms with Crippen LogP contribution in [0.1, 0.15) is 44.1 Å². The van der Waals surface area contributed by atoms with Crippen LogP contribution < -0.4 is 5.32 Å². The molecule has 0 radical (unpaired) electrons. The number of rotatable bonds is 5. The van der Waals surface area contributed by atoms with Crippen LogP contribution in [0.15, 0.2) is 23.1 Å². The smallest absolute Gasteiger partial charge is 0.124 e. The Bertz CT molecular complexity index is 411. The Labute approximate surface area is 113 Å². The predicted octanol–water partition coefficient (Wildman–Crippen LogP) is 4.11. The first kappa shape index (κ1) is 12.5. The molecule has 1 aromatic rings. The van der Waals surface area contributed by atoms with Crippen LogP contribution in [-0.2, 0) is 6.54 Å². The van der Waals surface area contributed by atoms with Crippen molar-refractivity contribution < 1.29 is 4.39 Å². The molecule has 0 aliphatic heterocycles. The van der Waals surface area contributed by atoms with E-state index in [0.29, 0.717) is 11.3 Å². The van der Waals surface area contributed by atoms with E-state index in [-0.39, 0.29) is 5.82 Å². The normalized spacial score (nSPS) is 20.5. The van der Waals surface area contributed by atoms with E-state index < -0.39 is 0 Å². The first-order valence-electron chi connectivity index (χ1n) is 6.99. The molecular formula is C15H20FNS. The van der Waals surface area contributed by atoms with Crippen molar-refractivity contribution in [2.24, 2.45) is 0 Å². The van der Waals surface area contributed by atoms with Crippen LogP contribution in [0.3, 0.4) is 0 Å². The van der Waals surface area contributed by atoms with Crippen molar-refractivity contribution in [1.29, 1.82) is 0 Å². The van der Waals surface area contributed by atoms with Gasteiger partial charge in [-0.05, 0) is 49.4 Å². The van der Waals surface area contributed by atoms with Crippen molar-refractivity contribution in [3.8, 4) is 0 Å².